The van der Waals surface area contributed by atoms with Gasteiger partial charge in [-0.1, -0.05) is 66.2 Å². The number of hydrogen-bond acceptors (Lipinski definition) is 1. The van der Waals surface area contributed by atoms with Crippen LogP contribution in [0.1, 0.15) is 16.7 Å². The highest BCUT2D eigenvalue weighted by Gasteiger charge is 2.12. The monoisotopic (exact) mass is 417 g/mol. The number of pyridine rings is 1. The van der Waals surface area contributed by atoms with E-state index in [-0.39, 0.29) is 0 Å². The van der Waals surface area contributed by atoms with Gasteiger partial charge in [-0.2, -0.15) is 0 Å². The van der Waals surface area contributed by atoms with Crippen LogP contribution in [-0.4, -0.2) is 9.13 Å². The molecule has 0 aliphatic rings. The molecule has 0 atom stereocenters. The van der Waals surface area contributed by atoms with Gasteiger partial charge >= 0.3 is 0 Å². The number of fused-ring (bicyclic) bond motifs is 1. The van der Waals surface area contributed by atoms with Crippen LogP contribution < -0.4 is 5.49 Å². The third-order valence-corrected chi connectivity index (χ3v) is 6.07. The summed E-state index contributed by atoms with van der Waals surface area (Å²) in [5, 5.41) is 1.19. The van der Waals surface area contributed by atoms with E-state index in [0.29, 0.717) is 0 Å². The van der Waals surface area contributed by atoms with Gasteiger partial charge in [0, 0.05) is 24.2 Å². The Morgan fingerprint density at radius 3 is 2.16 bits per heavy atom. The van der Waals surface area contributed by atoms with E-state index in [1.165, 1.54) is 33.2 Å². The molecule has 5 aromatic rings. The fourth-order valence-corrected chi connectivity index (χ4v) is 4.62. The van der Waals surface area contributed by atoms with Crippen molar-refractivity contribution in [1.29, 1.82) is 0 Å². The van der Waals surface area contributed by atoms with Crippen LogP contribution in [0.25, 0.3) is 27.8 Å². The Morgan fingerprint density at radius 1 is 0.719 bits per heavy atom. The largest absolute Gasteiger partial charge is 0.315 e. The average molecular weight is 418 g/mol. The van der Waals surface area contributed by atoms with Crippen LogP contribution in [0.4, 0.5) is 5.69 Å². The van der Waals surface area contributed by atoms with Crippen molar-refractivity contribution in [1.82, 2.24) is 9.13 Å². The smallest absolute Gasteiger partial charge is 0.134 e. The van der Waals surface area contributed by atoms with Crippen molar-refractivity contribution in [2.75, 3.05) is 0 Å². The van der Waals surface area contributed by atoms with Crippen molar-refractivity contribution in [3.63, 3.8) is 0 Å². The molecule has 0 unspecified atom stereocenters. The van der Waals surface area contributed by atoms with E-state index >= 15 is 0 Å². The summed E-state index contributed by atoms with van der Waals surface area (Å²) >= 11 is 0. The number of aromatic nitrogens is 2. The van der Waals surface area contributed by atoms with E-state index in [2.05, 4.69) is 128 Å². The fourth-order valence-electron chi connectivity index (χ4n) is 4.62. The second-order valence-corrected chi connectivity index (χ2v) is 8.46. The molecule has 0 bridgehead atoms. The number of para-hydroxylation sites is 1. The van der Waals surface area contributed by atoms with E-state index < -0.39 is 0 Å². The predicted molar refractivity (Wildman–Crippen MR) is 134 cm³/mol. The summed E-state index contributed by atoms with van der Waals surface area (Å²) < 4.78 is 4.46. The summed E-state index contributed by atoms with van der Waals surface area (Å²) in [5.74, 6) is 0. The predicted octanol–water partition coefficient (Wildman–Crippen LogP) is 6.79. The van der Waals surface area contributed by atoms with Gasteiger partial charge in [0.15, 0.2) is 0 Å². The second-order valence-electron chi connectivity index (χ2n) is 8.46. The quantitative estimate of drug-likeness (QED) is 0.308. The lowest BCUT2D eigenvalue weighted by molar-refractivity contribution is 0.844. The van der Waals surface area contributed by atoms with Crippen molar-refractivity contribution < 1.29 is 0 Å². The average Bonchev–Trinajstić information content (AvgIpc) is 3.23. The molecule has 0 amide bonds. The van der Waals surface area contributed by atoms with Crippen LogP contribution in [0.15, 0.2) is 96.1 Å². The molecule has 2 aromatic heterocycles. The molecule has 0 saturated carbocycles. The Morgan fingerprint density at radius 2 is 1.41 bits per heavy atom. The normalized spacial score (nSPS) is 11.9. The van der Waals surface area contributed by atoms with Gasteiger partial charge in [0.05, 0.1) is 11.4 Å². The lowest BCUT2D eigenvalue weighted by Gasteiger charge is -2.15. The third kappa shape index (κ3) is 3.46. The second kappa shape index (κ2) is 8.01. The number of hydrogen-bond donors (Lipinski definition) is 0. The lowest BCUT2D eigenvalue weighted by Crippen LogP contribution is -2.19. The van der Waals surface area contributed by atoms with Gasteiger partial charge in [0.25, 0.3) is 0 Å². The first-order chi connectivity index (χ1) is 15.5. The molecule has 3 heteroatoms. The molecule has 32 heavy (non-hydrogen) atoms. The number of rotatable bonds is 3. The Balaban J connectivity index is 1.75. The molecule has 158 valence electrons. The molecule has 2 heterocycles. The van der Waals surface area contributed by atoms with Gasteiger partial charge in [-0.05, 0) is 61.7 Å². The molecular weight excluding hydrogens is 390 g/mol. The molecule has 0 N–H and O–H groups in total. The molecule has 0 fully saturated rings. The Labute approximate surface area is 188 Å². The first-order valence-electron chi connectivity index (χ1n) is 11.0. The standard InChI is InChI=1S/C29H27N3/c1-20-18-21(2)28(22(3)19-20)30-27-15-14-24-16-17-32(29(24)31(27)4)26-13-9-8-12-25(26)23-10-6-5-7-11-23/h5-19H,1-4H3. The fraction of sp³-hybridized carbons (Fsp3) is 0.138. The van der Waals surface area contributed by atoms with Crippen LogP contribution in [0.5, 0.6) is 0 Å². The Bertz CT molecular complexity index is 1480. The molecule has 0 spiro atoms. The van der Waals surface area contributed by atoms with Gasteiger partial charge in [-0.25, -0.2) is 4.99 Å². The maximum absolute atomic E-state index is 5.08. The van der Waals surface area contributed by atoms with E-state index in [0.717, 1.165) is 22.5 Å². The summed E-state index contributed by atoms with van der Waals surface area (Å²) in [6.45, 7) is 6.40. The van der Waals surface area contributed by atoms with Crippen molar-refractivity contribution in [3.05, 3.63) is 113 Å². The summed E-state index contributed by atoms with van der Waals surface area (Å²) in [4.78, 5) is 5.08. The number of benzene rings is 3. The zero-order valence-electron chi connectivity index (χ0n) is 19.0. The van der Waals surface area contributed by atoms with Crippen LogP contribution >= 0.6 is 0 Å². The molecule has 0 aliphatic heterocycles. The maximum Gasteiger partial charge on any atom is 0.134 e. The van der Waals surface area contributed by atoms with Crippen molar-refractivity contribution in [3.8, 4) is 16.8 Å². The topological polar surface area (TPSA) is 22.2 Å². The van der Waals surface area contributed by atoms with Crippen LogP contribution in [-0.2, 0) is 7.05 Å². The van der Waals surface area contributed by atoms with E-state index in [1.807, 2.05) is 0 Å². The molecule has 5 rings (SSSR count). The first-order valence-corrected chi connectivity index (χ1v) is 11.0. The van der Waals surface area contributed by atoms with E-state index in [4.69, 9.17) is 4.99 Å². The lowest BCUT2D eigenvalue weighted by atomic mass is 10.0. The highest BCUT2D eigenvalue weighted by molar-refractivity contribution is 5.82. The van der Waals surface area contributed by atoms with Gasteiger partial charge in [0.2, 0.25) is 0 Å². The van der Waals surface area contributed by atoms with Gasteiger partial charge in [0.1, 0.15) is 11.1 Å². The summed E-state index contributed by atoms with van der Waals surface area (Å²) in [7, 11) is 2.10. The molecule has 3 aromatic carbocycles. The summed E-state index contributed by atoms with van der Waals surface area (Å²) in [6.07, 6.45) is 2.15. The number of aryl methyl sites for hydroxylation is 4. The van der Waals surface area contributed by atoms with Crippen LogP contribution in [0, 0.1) is 20.8 Å². The van der Waals surface area contributed by atoms with Crippen LogP contribution in [0.3, 0.4) is 0 Å². The van der Waals surface area contributed by atoms with Crippen molar-refractivity contribution in [2.45, 2.75) is 20.8 Å². The first kappa shape index (κ1) is 20.1. The molecular formula is C29H27N3. The number of nitrogens with zero attached hydrogens (tertiary/aromatic N) is 3. The SMILES string of the molecule is Cc1cc(C)c(N=c2ccc3ccn(-c4ccccc4-c4ccccc4)c3n2C)c(C)c1. The van der Waals surface area contributed by atoms with Gasteiger partial charge < -0.3 is 9.13 Å². The Hall–Kier alpha value is -3.85. The highest BCUT2D eigenvalue weighted by Crippen LogP contribution is 2.29. The zero-order chi connectivity index (χ0) is 22.2. The summed E-state index contributed by atoms with van der Waals surface area (Å²) in [5.41, 5.74) is 10.3. The summed E-state index contributed by atoms with van der Waals surface area (Å²) in [6, 6.07) is 29.9. The van der Waals surface area contributed by atoms with E-state index in [1.54, 1.807) is 0 Å². The van der Waals surface area contributed by atoms with Crippen molar-refractivity contribution in [2.24, 2.45) is 12.0 Å². The van der Waals surface area contributed by atoms with E-state index in [9.17, 15) is 0 Å². The van der Waals surface area contributed by atoms with Crippen LogP contribution in [0.2, 0.25) is 0 Å². The molecule has 0 radical (unpaired) electrons. The third-order valence-electron chi connectivity index (χ3n) is 6.07. The molecule has 0 aliphatic carbocycles. The minimum absolute atomic E-state index is 0.935. The van der Waals surface area contributed by atoms with Gasteiger partial charge in [-0.15, -0.1) is 0 Å². The molecule has 0 saturated heterocycles. The molecule has 3 nitrogen and oxygen atoms in total. The van der Waals surface area contributed by atoms with Crippen molar-refractivity contribution >= 4 is 16.7 Å². The highest BCUT2D eigenvalue weighted by atomic mass is 15.1. The minimum Gasteiger partial charge on any atom is -0.315 e. The zero-order valence-corrected chi connectivity index (χ0v) is 19.0. The maximum atomic E-state index is 5.08. The minimum atomic E-state index is 0.935. The van der Waals surface area contributed by atoms with Gasteiger partial charge in [-0.3, -0.25) is 0 Å². The Kier molecular flexibility index (Phi) is 5.02.